The highest BCUT2D eigenvalue weighted by Gasteiger charge is 2.09. The topological polar surface area (TPSA) is 65.4 Å². The summed E-state index contributed by atoms with van der Waals surface area (Å²) in [6.07, 6.45) is 4.28. The van der Waals surface area contributed by atoms with Gasteiger partial charge in [-0.15, -0.1) is 0 Å². The molecule has 0 saturated heterocycles. The van der Waals surface area contributed by atoms with Crippen LogP contribution in [-0.4, -0.2) is 28.0 Å². The van der Waals surface area contributed by atoms with Crippen molar-refractivity contribution in [3.05, 3.63) is 23.2 Å². The van der Waals surface area contributed by atoms with Gasteiger partial charge in [0.15, 0.2) is 0 Å². The zero-order valence-corrected chi connectivity index (χ0v) is 9.03. The molecule has 0 aliphatic rings. The van der Waals surface area contributed by atoms with E-state index in [1.165, 1.54) is 7.11 Å². The summed E-state index contributed by atoms with van der Waals surface area (Å²) in [6.45, 7) is 0.563. The Kier molecular flexibility index (Phi) is 2.75. The van der Waals surface area contributed by atoms with Crippen LogP contribution in [0.1, 0.15) is 5.69 Å². The van der Waals surface area contributed by atoms with Gasteiger partial charge in [0.1, 0.15) is 5.15 Å². The van der Waals surface area contributed by atoms with Crippen molar-refractivity contribution >= 4 is 17.2 Å². The number of nitrogens with two attached hydrogens (primary N) is 1. The second kappa shape index (κ2) is 4.04. The Labute approximate surface area is 91.8 Å². The van der Waals surface area contributed by atoms with Crippen molar-refractivity contribution in [1.82, 2.24) is 14.4 Å². The molecular formula is C9H11ClN4O. The highest BCUT2D eigenvalue weighted by molar-refractivity contribution is 6.29. The van der Waals surface area contributed by atoms with Crippen molar-refractivity contribution in [3.8, 4) is 5.88 Å². The van der Waals surface area contributed by atoms with E-state index in [0.717, 1.165) is 12.1 Å². The fraction of sp³-hybridized carbons (Fsp3) is 0.333. The summed E-state index contributed by atoms with van der Waals surface area (Å²) >= 11 is 5.82. The van der Waals surface area contributed by atoms with Crippen molar-refractivity contribution in [3.63, 3.8) is 0 Å². The molecule has 0 bridgehead atoms. The first-order valence-electron chi connectivity index (χ1n) is 4.52. The van der Waals surface area contributed by atoms with E-state index >= 15 is 0 Å². The van der Waals surface area contributed by atoms with Gasteiger partial charge < -0.3 is 10.5 Å². The first-order valence-corrected chi connectivity index (χ1v) is 4.90. The third-order valence-corrected chi connectivity index (χ3v) is 2.20. The molecule has 0 aliphatic carbocycles. The van der Waals surface area contributed by atoms with E-state index in [1.807, 2.05) is 6.20 Å². The van der Waals surface area contributed by atoms with Crippen LogP contribution in [0.2, 0.25) is 5.15 Å². The first-order chi connectivity index (χ1) is 7.24. The molecule has 2 aromatic rings. The molecule has 0 fully saturated rings. The summed E-state index contributed by atoms with van der Waals surface area (Å²) in [6, 6.07) is 0. The van der Waals surface area contributed by atoms with Crippen molar-refractivity contribution < 1.29 is 4.74 Å². The van der Waals surface area contributed by atoms with Crippen LogP contribution in [0, 0.1) is 0 Å². The van der Waals surface area contributed by atoms with Crippen molar-refractivity contribution in [1.29, 1.82) is 0 Å². The Hall–Kier alpha value is -1.33. The average Bonchev–Trinajstić information content (AvgIpc) is 2.59. The number of nitrogens with zero attached hydrogens (tertiary/aromatic N) is 3. The molecular weight excluding hydrogens is 216 g/mol. The van der Waals surface area contributed by atoms with Crippen LogP contribution in [0.5, 0.6) is 5.88 Å². The number of hydrogen-bond donors (Lipinski definition) is 1. The summed E-state index contributed by atoms with van der Waals surface area (Å²) in [7, 11) is 1.54. The molecule has 2 rings (SSSR count). The van der Waals surface area contributed by atoms with Crippen LogP contribution in [0.3, 0.4) is 0 Å². The quantitative estimate of drug-likeness (QED) is 0.844. The molecule has 0 amide bonds. The minimum atomic E-state index is 0.371. The SMILES string of the molecule is COc1nc(Cl)cn2cc(CCN)nc12. The van der Waals surface area contributed by atoms with E-state index in [-0.39, 0.29) is 0 Å². The van der Waals surface area contributed by atoms with Gasteiger partial charge >= 0.3 is 0 Å². The van der Waals surface area contributed by atoms with Crippen LogP contribution in [-0.2, 0) is 6.42 Å². The van der Waals surface area contributed by atoms with Gasteiger partial charge in [-0.3, -0.25) is 4.40 Å². The van der Waals surface area contributed by atoms with Crippen LogP contribution in [0.4, 0.5) is 0 Å². The van der Waals surface area contributed by atoms with Crippen molar-refractivity contribution in [2.45, 2.75) is 6.42 Å². The van der Waals surface area contributed by atoms with Gasteiger partial charge in [-0.1, -0.05) is 11.6 Å². The second-order valence-corrected chi connectivity index (χ2v) is 3.46. The molecule has 5 nitrogen and oxygen atoms in total. The third-order valence-electron chi connectivity index (χ3n) is 2.02. The van der Waals surface area contributed by atoms with E-state index in [0.29, 0.717) is 23.2 Å². The lowest BCUT2D eigenvalue weighted by Gasteiger charge is -2.00. The summed E-state index contributed by atoms with van der Waals surface area (Å²) in [5.74, 6) is 0.422. The van der Waals surface area contributed by atoms with Crippen molar-refractivity contribution in [2.24, 2.45) is 5.73 Å². The van der Waals surface area contributed by atoms with E-state index in [2.05, 4.69) is 9.97 Å². The fourth-order valence-electron chi connectivity index (χ4n) is 1.40. The molecule has 0 atom stereocenters. The van der Waals surface area contributed by atoms with Gasteiger partial charge in [0.2, 0.25) is 5.65 Å². The lowest BCUT2D eigenvalue weighted by Crippen LogP contribution is -2.02. The summed E-state index contributed by atoms with van der Waals surface area (Å²) in [5.41, 5.74) is 7.02. The summed E-state index contributed by atoms with van der Waals surface area (Å²) in [4.78, 5) is 8.37. The highest BCUT2D eigenvalue weighted by Crippen LogP contribution is 2.19. The largest absolute Gasteiger partial charge is 0.478 e. The van der Waals surface area contributed by atoms with Gasteiger partial charge in [-0.25, -0.2) is 4.98 Å². The predicted octanol–water partition coefficient (Wildman–Crippen LogP) is 0.892. The molecule has 0 spiro atoms. The van der Waals surface area contributed by atoms with Gasteiger partial charge in [-0.2, -0.15) is 4.98 Å². The molecule has 2 aromatic heterocycles. The van der Waals surface area contributed by atoms with Crippen LogP contribution in [0.15, 0.2) is 12.4 Å². The second-order valence-electron chi connectivity index (χ2n) is 3.07. The fourth-order valence-corrected chi connectivity index (χ4v) is 1.58. The molecule has 15 heavy (non-hydrogen) atoms. The van der Waals surface area contributed by atoms with Crippen LogP contribution in [0.25, 0.3) is 5.65 Å². The molecule has 2 N–H and O–H groups in total. The van der Waals surface area contributed by atoms with Gasteiger partial charge in [0, 0.05) is 18.8 Å². The van der Waals surface area contributed by atoms with Crippen LogP contribution < -0.4 is 10.5 Å². The maximum atomic E-state index is 5.82. The number of aromatic nitrogens is 3. The Morgan fingerprint density at radius 3 is 2.93 bits per heavy atom. The number of ether oxygens (including phenoxy) is 1. The Morgan fingerprint density at radius 1 is 1.47 bits per heavy atom. The minimum absolute atomic E-state index is 0.371. The van der Waals surface area contributed by atoms with Gasteiger partial charge in [-0.05, 0) is 6.54 Å². The maximum Gasteiger partial charge on any atom is 0.259 e. The molecule has 0 saturated carbocycles. The monoisotopic (exact) mass is 226 g/mol. The lowest BCUT2D eigenvalue weighted by molar-refractivity contribution is 0.400. The van der Waals surface area contributed by atoms with Gasteiger partial charge in [0.05, 0.1) is 12.8 Å². The number of imidazole rings is 1. The maximum absolute atomic E-state index is 5.82. The van der Waals surface area contributed by atoms with E-state index in [9.17, 15) is 0 Å². The minimum Gasteiger partial charge on any atom is -0.478 e. The highest BCUT2D eigenvalue weighted by atomic mass is 35.5. The smallest absolute Gasteiger partial charge is 0.259 e. The molecule has 2 heterocycles. The molecule has 0 unspecified atom stereocenters. The lowest BCUT2D eigenvalue weighted by atomic mass is 10.3. The van der Waals surface area contributed by atoms with E-state index < -0.39 is 0 Å². The predicted molar refractivity (Wildman–Crippen MR) is 57.3 cm³/mol. The zero-order valence-electron chi connectivity index (χ0n) is 8.27. The Bertz CT molecular complexity index is 482. The molecule has 0 aromatic carbocycles. The van der Waals surface area contributed by atoms with E-state index in [4.69, 9.17) is 22.1 Å². The Balaban J connectivity index is 2.58. The summed E-state index contributed by atoms with van der Waals surface area (Å²) < 4.78 is 6.88. The molecule has 0 aliphatic heterocycles. The van der Waals surface area contributed by atoms with Crippen molar-refractivity contribution in [2.75, 3.05) is 13.7 Å². The number of rotatable bonds is 3. The number of fused-ring (bicyclic) bond motifs is 1. The summed E-state index contributed by atoms with van der Waals surface area (Å²) in [5, 5.41) is 0.371. The van der Waals surface area contributed by atoms with E-state index in [1.54, 1.807) is 10.6 Å². The number of hydrogen-bond acceptors (Lipinski definition) is 4. The van der Waals surface area contributed by atoms with Gasteiger partial charge in [0.25, 0.3) is 5.88 Å². The standard InChI is InChI=1S/C9H11ClN4O/c1-15-9-8-12-6(2-3-11)4-14(8)5-7(10)13-9/h4-5H,2-3,11H2,1H3. The Morgan fingerprint density at radius 2 is 2.27 bits per heavy atom. The average molecular weight is 227 g/mol. The third kappa shape index (κ3) is 1.88. The van der Waals surface area contributed by atoms with Crippen LogP contribution >= 0.6 is 11.6 Å². The molecule has 0 radical (unpaired) electrons. The molecule has 6 heteroatoms. The number of halogens is 1. The first kappa shape index (κ1) is 10.2. The molecule has 80 valence electrons. The number of methoxy groups -OCH3 is 1. The normalized spacial score (nSPS) is 10.9. The zero-order chi connectivity index (χ0) is 10.8.